The number of rotatable bonds is 23. The number of hydrogen-bond acceptors (Lipinski definition) is 4. The van der Waals surface area contributed by atoms with Crippen LogP contribution in [0.2, 0.25) is 0 Å². The van der Waals surface area contributed by atoms with Gasteiger partial charge >= 0.3 is 0 Å². The Hall–Kier alpha value is -0.160. The maximum absolute atomic E-state index is 5.70. The van der Waals surface area contributed by atoms with Gasteiger partial charge in [-0.1, -0.05) is 78.6 Å². The van der Waals surface area contributed by atoms with E-state index in [1.807, 2.05) is 0 Å². The topological polar surface area (TPSA) is 36.9 Å². The van der Waals surface area contributed by atoms with Gasteiger partial charge in [-0.25, -0.2) is 0 Å². The molecule has 0 spiro atoms. The lowest BCUT2D eigenvalue weighted by atomic mass is 10.1. The van der Waals surface area contributed by atoms with E-state index < -0.39 is 0 Å². The SMILES string of the molecule is CCCCCCCCCCCCOCCOCCOCCOC(C)CC(C)C. The second-order valence-corrected chi connectivity index (χ2v) is 8.33. The molecule has 0 fully saturated rings. The molecule has 0 aromatic carbocycles. The fourth-order valence-corrected chi connectivity index (χ4v) is 3.27. The molecule has 0 aliphatic heterocycles. The number of ether oxygens (including phenoxy) is 4. The first-order valence-electron chi connectivity index (χ1n) is 12.0. The summed E-state index contributed by atoms with van der Waals surface area (Å²) in [7, 11) is 0. The van der Waals surface area contributed by atoms with Crippen LogP contribution < -0.4 is 0 Å². The minimum atomic E-state index is 0.313. The highest BCUT2D eigenvalue weighted by Gasteiger charge is 2.04. The highest BCUT2D eigenvalue weighted by Crippen LogP contribution is 2.10. The first-order chi connectivity index (χ1) is 13.7. The van der Waals surface area contributed by atoms with Gasteiger partial charge in [-0.2, -0.15) is 0 Å². The Morgan fingerprint density at radius 1 is 0.500 bits per heavy atom. The van der Waals surface area contributed by atoms with Crippen molar-refractivity contribution in [3.8, 4) is 0 Å². The highest BCUT2D eigenvalue weighted by atomic mass is 16.6. The van der Waals surface area contributed by atoms with Crippen molar-refractivity contribution < 1.29 is 18.9 Å². The molecular formula is C24H50O4. The molecular weight excluding hydrogens is 352 g/mol. The van der Waals surface area contributed by atoms with Crippen LogP contribution in [0.1, 0.15) is 98.3 Å². The van der Waals surface area contributed by atoms with Crippen molar-refractivity contribution in [3.05, 3.63) is 0 Å². The fraction of sp³-hybridized carbons (Fsp3) is 1.00. The van der Waals surface area contributed by atoms with Crippen LogP contribution in [0.5, 0.6) is 0 Å². The van der Waals surface area contributed by atoms with Crippen LogP contribution in [0.25, 0.3) is 0 Å². The Labute approximate surface area is 176 Å². The van der Waals surface area contributed by atoms with Crippen molar-refractivity contribution in [2.75, 3.05) is 46.2 Å². The molecule has 0 saturated carbocycles. The standard InChI is InChI=1S/C24H50O4/c1-5-6-7-8-9-10-11-12-13-14-15-25-16-17-26-18-19-27-20-21-28-24(4)22-23(2)3/h23-24H,5-22H2,1-4H3. The largest absolute Gasteiger partial charge is 0.379 e. The fourth-order valence-electron chi connectivity index (χ4n) is 3.27. The van der Waals surface area contributed by atoms with Gasteiger partial charge in [-0.05, 0) is 25.7 Å². The van der Waals surface area contributed by atoms with Crippen LogP contribution in [0.15, 0.2) is 0 Å². The summed E-state index contributed by atoms with van der Waals surface area (Å²) in [6.45, 7) is 13.6. The van der Waals surface area contributed by atoms with Crippen LogP contribution in [0, 0.1) is 5.92 Å². The quantitative estimate of drug-likeness (QED) is 0.185. The molecule has 0 aromatic heterocycles. The van der Waals surface area contributed by atoms with E-state index in [1.54, 1.807) is 0 Å². The van der Waals surface area contributed by atoms with Crippen molar-refractivity contribution in [2.45, 2.75) is 104 Å². The Kier molecular flexibility index (Phi) is 23.0. The zero-order chi connectivity index (χ0) is 20.7. The summed E-state index contributed by atoms with van der Waals surface area (Å²) in [6.07, 6.45) is 15.0. The Morgan fingerprint density at radius 2 is 0.929 bits per heavy atom. The van der Waals surface area contributed by atoms with Gasteiger partial charge in [0.1, 0.15) is 0 Å². The van der Waals surface area contributed by atoms with Gasteiger partial charge in [0.25, 0.3) is 0 Å². The van der Waals surface area contributed by atoms with E-state index in [9.17, 15) is 0 Å². The summed E-state index contributed by atoms with van der Waals surface area (Å²) in [6, 6.07) is 0. The maximum Gasteiger partial charge on any atom is 0.0704 e. The average Bonchev–Trinajstić information content (AvgIpc) is 2.66. The number of hydrogen-bond donors (Lipinski definition) is 0. The predicted octanol–water partition coefficient (Wildman–Crippen LogP) is 6.41. The van der Waals surface area contributed by atoms with Gasteiger partial charge in [0.2, 0.25) is 0 Å². The van der Waals surface area contributed by atoms with Crippen molar-refractivity contribution >= 4 is 0 Å². The van der Waals surface area contributed by atoms with E-state index >= 15 is 0 Å². The smallest absolute Gasteiger partial charge is 0.0704 e. The summed E-state index contributed by atoms with van der Waals surface area (Å²) < 4.78 is 22.4. The molecule has 0 rings (SSSR count). The minimum Gasteiger partial charge on any atom is -0.379 e. The molecule has 4 heteroatoms. The third kappa shape index (κ3) is 23.9. The van der Waals surface area contributed by atoms with Crippen molar-refractivity contribution in [1.82, 2.24) is 0 Å². The first-order valence-corrected chi connectivity index (χ1v) is 12.0. The Morgan fingerprint density at radius 3 is 1.43 bits per heavy atom. The maximum atomic E-state index is 5.70. The first kappa shape index (κ1) is 27.8. The van der Waals surface area contributed by atoms with E-state index in [1.165, 1.54) is 64.2 Å². The summed E-state index contributed by atoms with van der Waals surface area (Å²) in [5, 5.41) is 0. The van der Waals surface area contributed by atoms with Gasteiger partial charge in [-0.15, -0.1) is 0 Å². The predicted molar refractivity (Wildman–Crippen MR) is 119 cm³/mol. The lowest BCUT2D eigenvalue weighted by Gasteiger charge is -2.15. The van der Waals surface area contributed by atoms with Crippen LogP contribution in [0.4, 0.5) is 0 Å². The van der Waals surface area contributed by atoms with Crippen molar-refractivity contribution in [2.24, 2.45) is 5.92 Å². The monoisotopic (exact) mass is 402 g/mol. The molecule has 0 amide bonds. The van der Waals surface area contributed by atoms with E-state index in [2.05, 4.69) is 27.7 Å². The average molecular weight is 403 g/mol. The van der Waals surface area contributed by atoms with Crippen molar-refractivity contribution in [1.29, 1.82) is 0 Å². The third-order valence-corrected chi connectivity index (χ3v) is 4.82. The number of unbranched alkanes of at least 4 members (excludes halogenated alkanes) is 9. The van der Waals surface area contributed by atoms with Crippen LogP contribution in [-0.2, 0) is 18.9 Å². The lowest BCUT2D eigenvalue weighted by molar-refractivity contribution is -0.0187. The highest BCUT2D eigenvalue weighted by molar-refractivity contribution is 4.53. The third-order valence-electron chi connectivity index (χ3n) is 4.82. The molecule has 4 nitrogen and oxygen atoms in total. The van der Waals surface area contributed by atoms with Crippen molar-refractivity contribution in [3.63, 3.8) is 0 Å². The summed E-state index contributed by atoms with van der Waals surface area (Å²) >= 11 is 0. The molecule has 0 aliphatic carbocycles. The lowest BCUT2D eigenvalue weighted by Crippen LogP contribution is -2.16. The van der Waals surface area contributed by atoms with Gasteiger partial charge in [-0.3, -0.25) is 0 Å². The summed E-state index contributed by atoms with van der Waals surface area (Å²) in [4.78, 5) is 0. The summed E-state index contributed by atoms with van der Waals surface area (Å²) in [5.41, 5.74) is 0. The Balaban J connectivity index is 3.05. The minimum absolute atomic E-state index is 0.313. The van der Waals surface area contributed by atoms with Gasteiger partial charge < -0.3 is 18.9 Å². The molecule has 1 unspecified atom stereocenters. The summed E-state index contributed by atoms with van der Waals surface area (Å²) in [5.74, 6) is 0.677. The van der Waals surface area contributed by atoms with E-state index in [-0.39, 0.29) is 0 Å². The molecule has 0 heterocycles. The molecule has 1 atom stereocenters. The molecule has 0 aromatic rings. The van der Waals surface area contributed by atoms with Gasteiger partial charge in [0.15, 0.2) is 0 Å². The molecule has 0 radical (unpaired) electrons. The van der Waals surface area contributed by atoms with Crippen LogP contribution in [0.3, 0.4) is 0 Å². The zero-order valence-corrected chi connectivity index (χ0v) is 19.5. The molecule has 0 aliphatic rings. The molecule has 0 N–H and O–H groups in total. The van der Waals surface area contributed by atoms with E-state index in [0.717, 1.165) is 13.0 Å². The molecule has 170 valence electrons. The Bertz CT molecular complexity index is 284. The second-order valence-electron chi connectivity index (χ2n) is 8.33. The van der Waals surface area contributed by atoms with E-state index in [0.29, 0.717) is 51.7 Å². The molecule has 0 saturated heterocycles. The normalized spacial score (nSPS) is 12.8. The molecule has 28 heavy (non-hydrogen) atoms. The molecule has 0 bridgehead atoms. The van der Waals surface area contributed by atoms with Crippen LogP contribution >= 0.6 is 0 Å². The van der Waals surface area contributed by atoms with Gasteiger partial charge in [0, 0.05) is 6.61 Å². The van der Waals surface area contributed by atoms with Gasteiger partial charge in [0.05, 0.1) is 45.7 Å². The van der Waals surface area contributed by atoms with Crippen LogP contribution in [-0.4, -0.2) is 52.4 Å². The van der Waals surface area contributed by atoms with E-state index in [4.69, 9.17) is 18.9 Å². The zero-order valence-electron chi connectivity index (χ0n) is 19.5. The second kappa shape index (κ2) is 23.1.